The van der Waals surface area contributed by atoms with Crippen LogP contribution in [0.1, 0.15) is 36.3 Å². The van der Waals surface area contributed by atoms with Crippen LogP contribution in [-0.4, -0.2) is 29.4 Å². The maximum Gasteiger partial charge on any atom is 0.319 e. The van der Waals surface area contributed by atoms with Gasteiger partial charge in [-0.3, -0.25) is 0 Å². The van der Waals surface area contributed by atoms with E-state index in [4.69, 9.17) is 4.52 Å². The fourth-order valence-corrected chi connectivity index (χ4v) is 2.46. The van der Waals surface area contributed by atoms with E-state index < -0.39 is 0 Å². The lowest BCUT2D eigenvalue weighted by Gasteiger charge is -2.17. The fraction of sp³-hybridized carbons (Fsp3) is 0.412. The first kappa shape index (κ1) is 17.0. The molecule has 0 saturated heterocycles. The van der Waals surface area contributed by atoms with Crippen molar-refractivity contribution in [3.63, 3.8) is 0 Å². The highest BCUT2D eigenvalue weighted by atomic mass is 16.5. The van der Waals surface area contributed by atoms with Gasteiger partial charge in [0, 0.05) is 25.5 Å². The lowest BCUT2D eigenvalue weighted by atomic mass is 9.96. The molecule has 6 heteroatoms. The van der Waals surface area contributed by atoms with Crippen LogP contribution in [0.2, 0.25) is 0 Å². The van der Waals surface area contributed by atoms with E-state index in [1.807, 2.05) is 37.3 Å². The minimum atomic E-state index is -0.301. The summed E-state index contributed by atoms with van der Waals surface area (Å²) in [6.45, 7) is 4.25. The molecule has 2 amide bonds. The first-order chi connectivity index (χ1) is 11.2. The Morgan fingerprint density at radius 3 is 2.74 bits per heavy atom. The topological polar surface area (TPSA) is 87.4 Å². The predicted octanol–water partition coefficient (Wildman–Crippen LogP) is 2.83. The number of benzene rings is 1. The number of aryl methyl sites for hydroxylation is 2. The van der Waals surface area contributed by atoms with E-state index in [2.05, 4.69) is 15.8 Å². The zero-order valence-corrected chi connectivity index (χ0v) is 13.5. The Morgan fingerprint density at radius 2 is 2.09 bits per heavy atom. The summed E-state index contributed by atoms with van der Waals surface area (Å²) >= 11 is 0. The average Bonchev–Trinajstić information content (AvgIpc) is 2.92. The van der Waals surface area contributed by atoms with Gasteiger partial charge in [0.2, 0.25) is 0 Å². The van der Waals surface area contributed by atoms with E-state index in [1.54, 1.807) is 6.92 Å². The molecule has 0 radical (unpaired) electrons. The highest BCUT2D eigenvalue weighted by molar-refractivity contribution is 5.90. The number of urea groups is 1. The molecule has 1 atom stereocenters. The third kappa shape index (κ3) is 4.56. The van der Waals surface area contributed by atoms with Crippen molar-refractivity contribution in [3.8, 4) is 0 Å². The number of carbonyl (C=O) groups is 1. The molecule has 2 rings (SSSR count). The van der Waals surface area contributed by atoms with Crippen LogP contribution in [0.15, 0.2) is 34.9 Å². The van der Waals surface area contributed by atoms with Crippen molar-refractivity contribution < 1.29 is 14.4 Å². The van der Waals surface area contributed by atoms with Crippen molar-refractivity contribution >= 4 is 11.7 Å². The number of aromatic nitrogens is 1. The molecule has 0 spiro atoms. The highest BCUT2D eigenvalue weighted by Crippen LogP contribution is 2.21. The van der Waals surface area contributed by atoms with Gasteiger partial charge in [0.25, 0.3) is 0 Å². The molecule has 0 fully saturated rings. The number of aliphatic hydroxyl groups is 1. The Hall–Kier alpha value is -2.34. The molecule has 0 saturated carbocycles. The van der Waals surface area contributed by atoms with Crippen molar-refractivity contribution in [2.24, 2.45) is 0 Å². The molecule has 0 aliphatic heterocycles. The number of rotatable bonds is 7. The van der Waals surface area contributed by atoms with Crippen LogP contribution in [-0.2, 0) is 6.42 Å². The molecule has 1 aromatic heterocycles. The van der Waals surface area contributed by atoms with Gasteiger partial charge in [-0.15, -0.1) is 0 Å². The second kappa shape index (κ2) is 8.33. The summed E-state index contributed by atoms with van der Waals surface area (Å²) < 4.78 is 5.15. The predicted molar refractivity (Wildman–Crippen MR) is 88.5 cm³/mol. The standard InChI is InChI=1S/C17H23N3O3/c1-3-15-16(12(2)20-23-15)19-17(22)18-11-14(9-10-21)13-7-5-4-6-8-13/h4-8,14,21H,3,9-11H2,1-2H3,(H2,18,19,22). The van der Waals surface area contributed by atoms with Crippen LogP contribution in [0.5, 0.6) is 0 Å². The van der Waals surface area contributed by atoms with Crippen LogP contribution in [0.4, 0.5) is 10.5 Å². The molecule has 23 heavy (non-hydrogen) atoms. The van der Waals surface area contributed by atoms with Gasteiger partial charge in [0.05, 0.1) is 0 Å². The lowest BCUT2D eigenvalue weighted by Crippen LogP contribution is -2.33. The van der Waals surface area contributed by atoms with E-state index >= 15 is 0 Å². The monoisotopic (exact) mass is 317 g/mol. The van der Waals surface area contributed by atoms with Gasteiger partial charge in [-0.05, 0) is 18.9 Å². The molecule has 3 N–H and O–H groups in total. The largest absolute Gasteiger partial charge is 0.396 e. The quantitative estimate of drug-likeness (QED) is 0.733. The number of aliphatic hydroxyl groups excluding tert-OH is 1. The van der Waals surface area contributed by atoms with Crippen molar-refractivity contribution in [1.82, 2.24) is 10.5 Å². The normalized spacial score (nSPS) is 12.0. The smallest absolute Gasteiger partial charge is 0.319 e. The summed E-state index contributed by atoms with van der Waals surface area (Å²) in [6, 6.07) is 9.55. The third-order valence-corrected chi connectivity index (χ3v) is 3.75. The number of hydrogen-bond donors (Lipinski definition) is 3. The van der Waals surface area contributed by atoms with Crippen molar-refractivity contribution in [3.05, 3.63) is 47.3 Å². The highest BCUT2D eigenvalue weighted by Gasteiger charge is 2.16. The summed E-state index contributed by atoms with van der Waals surface area (Å²) in [5, 5.41) is 18.7. The summed E-state index contributed by atoms with van der Waals surface area (Å²) in [5.41, 5.74) is 2.38. The summed E-state index contributed by atoms with van der Waals surface area (Å²) in [5.74, 6) is 0.730. The zero-order chi connectivity index (χ0) is 16.7. The summed E-state index contributed by atoms with van der Waals surface area (Å²) in [6.07, 6.45) is 1.25. The Kier molecular flexibility index (Phi) is 6.17. The van der Waals surface area contributed by atoms with Crippen LogP contribution >= 0.6 is 0 Å². The number of anilines is 1. The first-order valence-corrected chi connectivity index (χ1v) is 7.81. The zero-order valence-electron chi connectivity index (χ0n) is 13.5. The lowest BCUT2D eigenvalue weighted by molar-refractivity contribution is 0.248. The SMILES string of the molecule is CCc1onc(C)c1NC(=O)NCC(CCO)c1ccccc1. The van der Waals surface area contributed by atoms with Crippen LogP contribution in [0, 0.1) is 6.92 Å². The van der Waals surface area contributed by atoms with Gasteiger partial charge in [-0.25, -0.2) is 4.79 Å². The van der Waals surface area contributed by atoms with Crippen LogP contribution < -0.4 is 10.6 Å². The van der Waals surface area contributed by atoms with E-state index in [0.29, 0.717) is 36.5 Å². The molecule has 0 bridgehead atoms. The van der Waals surface area contributed by atoms with Crippen LogP contribution in [0.25, 0.3) is 0 Å². The molecule has 0 aliphatic rings. The second-order valence-corrected chi connectivity index (χ2v) is 5.37. The molecule has 2 aromatic rings. The van der Waals surface area contributed by atoms with Gasteiger partial charge < -0.3 is 20.3 Å². The summed E-state index contributed by atoms with van der Waals surface area (Å²) in [7, 11) is 0. The fourth-order valence-electron chi connectivity index (χ4n) is 2.46. The molecular weight excluding hydrogens is 294 g/mol. The van der Waals surface area contributed by atoms with E-state index in [9.17, 15) is 9.90 Å². The minimum Gasteiger partial charge on any atom is -0.396 e. The van der Waals surface area contributed by atoms with Gasteiger partial charge in [-0.1, -0.05) is 42.4 Å². The van der Waals surface area contributed by atoms with Gasteiger partial charge in [0.15, 0.2) is 5.76 Å². The summed E-state index contributed by atoms with van der Waals surface area (Å²) in [4.78, 5) is 12.1. The Balaban J connectivity index is 1.95. The number of carbonyl (C=O) groups excluding carboxylic acids is 1. The minimum absolute atomic E-state index is 0.0705. The molecule has 6 nitrogen and oxygen atoms in total. The van der Waals surface area contributed by atoms with Crippen LogP contribution in [0.3, 0.4) is 0 Å². The molecule has 1 unspecified atom stereocenters. The number of nitrogens with zero attached hydrogens (tertiary/aromatic N) is 1. The van der Waals surface area contributed by atoms with Gasteiger partial charge in [-0.2, -0.15) is 0 Å². The van der Waals surface area contributed by atoms with E-state index in [1.165, 1.54) is 0 Å². The Bertz CT molecular complexity index is 625. The van der Waals surface area contributed by atoms with Gasteiger partial charge >= 0.3 is 6.03 Å². The van der Waals surface area contributed by atoms with E-state index in [0.717, 1.165) is 5.56 Å². The maximum absolute atomic E-state index is 12.1. The van der Waals surface area contributed by atoms with Crippen molar-refractivity contribution in [2.45, 2.75) is 32.6 Å². The Morgan fingerprint density at radius 1 is 1.35 bits per heavy atom. The number of nitrogens with one attached hydrogen (secondary N) is 2. The molecule has 124 valence electrons. The Labute approximate surface area is 135 Å². The third-order valence-electron chi connectivity index (χ3n) is 3.75. The molecular formula is C17H23N3O3. The second-order valence-electron chi connectivity index (χ2n) is 5.37. The average molecular weight is 317 g/mol. The molecule has 1 aromatic carbocycles. The van der Waals surface area contributed by atoms with Crippen molar-refractivity contribution in [1.29, 1.82) is 0 Å². The molecule has 0 aliphatic carbocycles. The van der Waals surface area contributed by atoms with Crippen molar-refractivity contribution in [2.75, 3.05) is 18.5 Å². The first-order valence-electron chi connectivity index (χ1n) is 7.81. The van der Waals surface area contributed by atoms with E-state index in [-0.39, 0.29) is 18.6 Å². The maximum atomic E-state index is 12.1. The number of amides is 2. The van der Waals surface area contributed by atoms with Gasteiger partial charge in [0.1, 0.15) is 11.4 Å². The number of hydrogen-bond acceptors (Lipinski definition) is 4. The molecule has 1 heterocycles.